The van der Waals surface area contributed by atoms with Crippen LogP contribution in [0, 0.1) is 6.92 Å². The van der Waals surface area contributed by atoms with Gasteiger partial charge in [-0.05, 0) is 42.3 Å². The van der Waals surface area contributed by atoms with Gasteiger partial charge in [-0.2, -0.15) is 0 Å². The lowest BCUT2D eigenvalue weighted by molar-refractivity contribution is 0.0111. The quantitative estimate of drug-likeness (QED) is 0.360. The van der Waals surface area contributed by atoms with E-state index in [-0.39, 0.29) is 5.92 Å². The minimum Gasteiger partial charge on any atom is -0.489 e. The molecule has 1 unspecified atom stereocenters. The maximum Gasteiger partial charge on any atom is 0.143 e. The third kappa shape index (κ3) is 5.90. The molecule has 2 aliphatic heterocycles. The van der Waals surface area contributed by atoms with Crippen molar-refractivity contribution in [2.45, 2.75) is 12.8 Å². The van der Waals surface area contributed by atoms with Gasteiger partial charge in [-0.3, -0.25) is 0 Å². The Morgan fingerprint density at radius 3 is 2.11 bits per heavy atom. The molecule has 38 heavy (non-hydrogen) atoms. The summed E-state index contributed by atoms with van der Waals surface area (Å²) in [6.45, 7) is 6.69. The van der Waals surface area contributed by atoms with E-state index in [9.17, 15) is 0 Å². The summed E-state index contributed by atoms with van der Waals surface area (Å²) >= 11 is 0. The fourth-order valence-corrected chi connectivity index (χ4v) is 4.96. The minimum atomic E-state index is 0.0260. The van der Waals surface area contributed by atoms with Gasteiger partial charge in [0, 0.05) is 56.5 Å². The van der Waals surface area contributed by atoms with Gasteiger partial charge in [-0.1, -0.05) is 24.3 Å². The highest BCUT2D eigenvalue weighted by Crippen LogP contribution is 2.49. The Bertz CT molecular complexity index is 1240. The van der Waals surface area contributed by atoms with Crippen LogP contribution in [0.15, 0.2) is 54.6 Å². The fourth-order valence-electron chi connectivity index (χ4n) is 4.96. The van der Waals surface area contributed by atoms with Crippen molar-refractivity contribution in [1.29, 1.82) is 0 Å². The highest BCUT2D eigenvalue weighted by Gasteiger charge is 2.30. The second-order valence-electron chi connectivity index (χ2n) is 10.0. The maximum atomic E-state index is 6.45. The number of ether oxygens (including phenoxy) is 5. The summed E-state index contributed by atoms with van der Waals surface area (Å²) in [5, 5.41) is 0. The molecule has 0 saturated carbocycles. The molecule has 0 radical (unpaired) electrons. The molecule has 0 saturated heterocycles. The number of fused-ring (bicyclic) bond motifs is 3. The van der Waals surface area contributed by atoms with Crippen LogP contribution in [-0.2, 0) is 14.2 Å². The molecule has 0 aliphatic carbocycles. The largest absolute Gasteiger partial charge is 0.489 e. The van der Waals surface area contributed by atoms with Crippen LogP contribution >= 0.6 is 0 Å². The smallest absolute Gasteiger partial charge is 0.143 e. The molecule has 3 aromatic carbocycles. The van der Waals surface area contributed by atoms with Crippen LogP contribution in [0.2, 0.25) is 0 Å². The number of aryl methyl sites for hydroxylation is 1. The number of rotatable bonds is 2. The summed E-state index contributed by atoms with van der Waals surface area (Å²) < 4.78 is 29.8. The Balaban J connectivity index is 1.53. The normalized spacial score (nSPS) is 18.5. The first-order valence-electron chi connectivity index (χ1n) is 13.3. The first-order chi connectivity index (χ1) is 18.5. The average Bonchev–Trinajstić information content (AvgIpc) is 2.91. The summed E-state index contributed by atoms with van der Waals surface area (Å²) in [6, 6.07) is 19.5. The Labute approximate surface area is 225 Å². The van der Waals surface area contributed by atoms with Gasteiger partial charge >= 0.3 is 0 Å². The van der Waals surface area contributed by atoms with Gasteiger partial charge in [0.1, 0.15) is 23.9 Å². The van der Waals surface area contributed by atoms with E-state index in [0.717, 1.165) is 51.9 Å². The monoisotopic (exact) mass is 518 g/mol. The Morgan fingerprint density at radius 1 is 0.711 bits per heavy atom. The lowest BCUT2D eigenvalue weighted by Crippen LogP contribution is -2.24. The SMILES string of the molecule is Cc1ccc2c(c1)Oc1cc(N(C)C)ccc1C2c1ccc2c(c1)OCCOCCOCCOCCN2C. The van der Waals surface area contributed by atoms with Crippen molar-refractivity contribution in [3.63, 3.8) is 0 Å². The highest BCUT2D eigenvalue weighted by molar-refractivity contribution is 5.66. The molecular formula is C31H38N2O5. The molecule has 7 nitrogen and oxygen atoms in total. The summed E-state index contributed by atoms with van der Waals surface area (Å²) in [5.41, 5.74) is 6.77. The van der Waals surface area contributed by atoms with Crippen molar-refractivity contribution in [3.05, 3.63) is 76.9 Å². The zero-order valence-electron chi connectivity index (χ0n) is 22.9. The predicted octanol–water partition coefficient (Wildman–Crippen LogP) is 5.23. The molecule has 2 heterocycles. The van der Waals surface area contributed by atoms with Crippen LogP contribution in [0.4, 0.5) is 11.4 Å². The lowest BCUT2D eigenvalue weighted by atomic mass is 9.82. The van der Waals surface area contributed by atoms with E-state index in [1.807, 2.05) is 14.1 Å². The van der Waals surface area contributed by atoms with Gasteiger partial charge in [0.05, 0.1) is 45.3 Å². The standard InChI is InChI=1S/C31H38N2O5/c1-22-5-8-25-28(19-22)38-29-21-24(32(2)3)7-9-26(29)31(25)23-6-10-27-30(20-23)37-18-17-36-16-15-35-14-13-34-12-11-33(27)4/h5-10,19-21,31H,11-18H2,1-4H3. The first kappa shape index (κ1) is 26.4. The third-order valence-electron chi connectivity index (χ3n) is 7.05. The molecule has 7 heteroatoms. The number of anilines is 2. The molecule has 202 valence electrons. The average molecular weight is 519 g/mol. The molecule has 0 spiro atoms. The van der Waals surface area contributed by atoms with E-state index in [0.29, 0.717) is 46.2 Å². The summed E-state index contributed by atoms with van der Waals surface area (Å²) in [7, 11) is 6.16. The van der Waals surface area contributed by atoms with Gasteiger partial charge in [0.15, 0.2) is 0 Å². The van der Waals surface area contributed by atoms with E-state index in [1.165, 1.54) is 5.56 Å². The van der Waals surface area contributed by atoms with Crippen LogP contribution < -0.4 is 19.3 Å². The summed E-state index contributed by atoms with van der Waals surface area (Å²) in [6.07, 6.45) is 0. The number of hydrogen-bond acceptors (Lipinski definition) is 7. The van der Waals surface area contributed by atoms with Crippen LogP contribution in [-0.4, -0.2) is 73.9 Å². The molecule has 3 aromatic rings. The lowest BCUT2D eigenvalue weighted by Gasteiger charge is -2.31. The third-order valence-corrected chi connectivity index (χ3v) is 7.05. The minimum absolute atomic E-state index is 0.0260. The fraction of sp³-hybridized carbons (Fsp3) is 0.419. The number of nitrogens with zero attached hydrogens (tertiary/aromatic N) is 2. The summed E-state index contributed by atoms with van der Waals surface area (Å²) in [5.74, 6) is 2.66. The first-order valence-corrected chi connectivity index (χ1v) is 13.3. The molecule has 0 fully saturated rings. The molecule has 0 amide bonds. The van der Waals surface area contributed by atoms with Crippen molar-refractivity contribution < 1.29 is 23.7 Å². The second-order valence-corrected chi connectivity index (χ2v) is 10.0. The van der Waals surface area contributed by atoms with Gasteiger partial charge in [0.2, 0.25) is 0 Å². The van der Waals surface area contributed by atoms with Crippen molar-refractivity contribution >= 4 is 11.4 Å². The zero-order chi connectivity index (χ0) is 26.5. The molecule has 0 bridgehead atoms. The van der Waals surface area contributed by atoms with Gasteiger partial charge in [-0.25, -0.2) is 0 Å². The zero-order valence-corrected chi connectivity index (χ0v) is 22.9. The van der Waals surface area contributed by atoms with Crippen molar-refractivity contribution in [1.82, 2.24) is 0 Å². The molecule has 2 aliphatic rings. The molecular weight excluding hydrogens is 480 g/mol. The number of likely N-dealkylation sites (N-methyl/N-ethyl adjacent to an activating group) is 1. The molecule has 1 atom stereocenters. The van der Waals surface area contributed by atoms with E-state index in [4.69, 9.17) is 23.7 Å². The summed E-state index contributed by atoms with van der Waals surface area (Å²) in [4.78, 5) is 4.28. The highest BCUT2D eigenvalue weighted by atomic mass is 16.6. The van der Waals surface area contributed by atoms with E-state index >= 15 is 0 Å². The Hall–Kier alpha value is -3.26. The Kier molecular flexibility index (Phi) is 8.37. The maximum absolute atomic E-state index is 6.45. The van der Waals surface area contributed by atoms with Gasteiger partial charge in [-0.15, -0.1) is 0 Å². The van der Waals surface area contributed by atoms with Crippen LogP contribution in [0.3, 0.4) is 0 Å². The van der Waals surface area contributed by atoms with Crippen molar-refractivity contribution in [2.24, 2.45) is 0 Å². The van der Waals surface area contributed by atoms with Crippen molar-refractivity contribution in [2.75, 3.05) is 83.7 Å². The van der Waals surface area contributed by atoms with Gasteiger partial charge < -0.3 is 33.5 Å². The van der Waals surface area contributed by atoms with E-state index < -0.39 is 0 Å². The topological polar surface area (TPSA) is 52.6 Å². The molecule has 5 rings (SSSR count). The predicted molar refractivity (Wildman–Crippen MR) is 151 cm³/mol. The number of benzene rings is 3. The van der Waals surface area contributed by atoms with E-state index in [2.05, 4.69) is 78.4 Å². The van der Waals surface area contributed by atoms with Crippen molar-refractivity contribution in [3.8, 4) is 17.2 Å². The number of hydrogen-bond donors (Lipinski definition) is 0. The Morgan fingerprint density at radius 2 is 1.37 bits per heavy atom. The van der Waals surface area contributed by atoms with E-state index in [1.54, 1.807) is 0 Å². The van der Waals surface area contributed by atoms with Crippen LogP contribution in [0.1, 0.15) is 28.2 Å². The molecule has 0 aromatic heterocycles. The van der Waals surface area contributed by atoms with Crippen LogP contribution in [0.25, 0.3) is 0 Å². The van der Waals surface area contributed by atoms with Crippen LogP contribution in [0.5, 0.6) is 17.2 Å². The molecule has 0 N–H and O–H groups in total. The second kappa shape index (κ2) is 12.1. The van der Waals surface area contributed by atoms with Gasteiger partial charge in [0.25, 0.3) is 0 Å².